The van der Waals surface area contributed by atoms with Crippen molar-refractivity contribution >= 4 is 11.6 Å². The molecule has 0 saturated heterocycles. The molecule has 0 unspecified atom stereocenters. The van der Waals surface area contributed by atoms with E-state index in [1.54, 1.807) is 20.8 Å². The predicted molar refractivity (Wildman–Crippen MR) is 92.5 cm³/mol. The molecule has 0 saturated carbocycles. The van der Waals surface area contributed by atoms with Crippen LogP contribution in [0.15, 0.2) is 12.1 Å². The summed E-state index contributed by atoms with van der Waals surface area (Å²) in [5.74, 6) is -1.96. The van der Waals surface area contributed by atoms with Crippen molar-refractivity contribution in [2.45, 2.75) is 60.8 Å². The Labute approximate surface area is 139 Å². The van der Waals surface area contributed by atoms with Crippen LogP contribution in [0.3, 0.4) is 0 Å². The summed E-state index contributed by atoms with van der Waals surface area (Å²) in [6.45, 7) is 15.3. The van der Waals surface area contributed by atoms with Crippen molar-refractivity contribution in [3.63, 3.8) is 0 Å². The molecular weight excluding hydrogens is 286 g/mol. The third-order valence-electron chi connectivity index (χ3n) is 4.04. The van der Waals surface area contributed by atoms with E-state index in [0.29, 0.717) is 5.56 Å². The Kier molecular flexibility index (Phi) is 5.21. The molecule has 0 fully saturated rings. The minimum atomic E-state index is -1.24. The highest BCUT2D eigenvalue weighted by Crippen LogP contribution is 2.29. The fraction of sp³-hybridized carbons (Fsp3) is 0.550. The van der Waals surface area contributed by atoms with E-state index in [4.69, 9.17) is 0 Å². The third-order valence-corrected chi connectivity index (χ3v) is 4.04. The van der Waals surface area contributed by atoms with Gasteiger partial charge in [-0.05, 0) is 36.0 Å². The number of Topliss-reactive ketones (excluding diaryl/α,β-unsaturated/α-hetero) is 2. The molecule has 1 atom stereocenters. The lowest BCUT2D eigenvalue weighted by Crippen LogP contribution is -2.33. The lowest BCUT2D eigenvalue weighted by Gasteiger charge is -2.24. The molecule has 0 spiro atoms. The normalized spacial score (nSPS) is 13.3. The molecule has 0 aromatic heterocycles. The third kappa shape index (κ3) is 4.07. The summed E-state index contributed by atoms with van der Waals surface area (Å²) in [6.07, 6.45) is 0. The molecule has 3 nitrogen and oxygen atoms in total. The number of hydrogen-bond donors (Lipinski definition) is 0. The van der Waals surface area contributed by atoms with Crippen LogP contribution in [0.2, 0.25) is 0 Å². The van der Waals surface area contributed by atoms with Crippen LogP contribution in [0.4, 0.5) is 0 Å². The van der Waals surface area contributed by atoms with Crippen LogP contribution in [-0.4, -0.2) is 11.6 Å². The van der Waals surface area contributed by atoms with Crippen molar-refractivity contribution in [1.29, 1.82) is 5.26 Å². The van der Waals surface area contributed by atoms with Gasteiger partial charge in [0.05, 0.1) is 6.07 Å². The molecule has 1 aromatic rings. The fourth-order valence-electron chi connectivity index (χ4n) is 2.60. The first-order valence-electron chi connectivity index (χ1n) is 7.90. The topological polar surface area (TPSA) is 57.9 Å². The smallest absolute Gasteiger partial charge is 0.188 e. The number of carbonyl (C=O) groups is 2. The Hall–Kier alpha value is -1.95. The second-order valence-electron chi connectivity index (χ2n) is 8.28. The highest BCUT2D eigenvalue weighted by atomic mass is 16.2. The molecule has 0 aliphatic carbocycles. The number of benzene rings is 1. The van der Waals surface area contributed by atoms with Crippen molar-refractivity contribution in [2.24, 2.45) is 11.3 Å². The van der Waals surface area contributed by atoms with Gasteiger partial charge in [-0.25, -0.2) is 0 Å². The van der Waals surface area contributed by atoms with Gasteiger partial charge in [0.15, 0.2) is 17.5 Å². The minimum absolute atomic E-state index is 0.0209. The van der Waals surface area contributed by atoms with E-state index < -0.39 is 11.3 Å². The lowest BCUT2D eigenvalue weighted by atomic mass is 9.78. The van der Waals surface area contributed by atoms with Gasteiger partial charge in [0, 0.05) is 11.0 Å². The maximum Gasteiger partial charge on any atom is 0.188 e. The molecule has 23 heavy (non-hydrogen) atoms. The highest BCUT2D eigenvalue weighted by Gasteiger charge is 2.36. The minimum Gasteiger partial charge on any atom is -0.297 e. The first-order chi connectivity index (χ1) is 10.3. The van der Waals surface area contributed by atoms with Crippen LogP contribution in [0.25, 0.3) is 0 Å². The maximum absolute atomic E-state index is 12.8. The number of nitriles is 1. The van der Waals surface area contributed by atoms with Crippen LogP contribution in [0.1, 0.15) is 68.6 Å². The van der Waals surface area contributed by atoms with E-state index in [1.165, 1.54) is 0 Å². The Morgan fingerprint density at radius 3 is 1.74 bits per heavy atom. The van der Waals surface area contributed by atoms with E-state index in [1.807, 2.05) is 32.0 Å². The van der Waals surface area contributed by atoms with Crippen molar-refractivity contribution in [3.05, 3.63) is 34.4 Å². The molecule has 124 valence electrons. The fourth-order valence-corrected chi connectivity index (χ4v) is 2.60. The van der Waals surface area contributed by atoms with Crippen molar-refractivity contribution in [3.8, 4) is 6.07 Å². The van der Waals surface area contributed by atoms with Crippen LogP contribution < -0.4 is 0 Å². The maximum atomic E-state index is 12.8. The second kappa shape index (κ2) is 6.28. The number of ketones is 2. The Bertz CT molecular complexity index is 656. The Balaban J connectivity index is 3.39. The molecule has 0 aliphatic rings. The largest absolute Gasteiger partial charge is 0.297 e. The summed E-state index contributed by atoms with van der Waals surface area (Å²) in [7, 11) is 0. The van der Waals surface area contributed by atoms with Crippen LogP contribution in [0.5, 0.6) is 0 Å². The number of carbonyl (C=O) groups excluding carboxylic acids is 2. The SMILES string of the molecule is Cc1cc(C(C)(C)C)cc(C)c1C(=O)[C@@H](C#N)C(=O)C(C)(C)C. The quantitative estimate of drug-likeness (QED) is 0.608. The Morgan fingerprint density at radius 1 is 1.00 bits per heavy atom. The van der Waals surface area contributed by atoms with E-state index in [0.717, 1.165) is 16.7 Å². The van der Waals surface area contributed by atoms with Crippen LogP contribution in [-0.2, 0) is 10.2 Å². The molecular formula is C20H27NO2. The molecule has 1 rings (SSSR count). The monoisotopic (exact) mass is 313 g/mol. The summed E-state index contributed by atoms with van der Waals surface area (Å²) in [6, 6.07) is 5.87. The zero-order valence-electron chi connectivity index (χ0n) is 15.5. The molecule has 0 amide bonds. The van der Waals surface area contributed by atoms with Crippen molar-refractivity contribution < 1.29 is 9.59 Å². The number of rotatable bonds is 3. The number of nitrogens with zero attached hydrogens (tertiary/aromatic N) is 1. The van der Waals surface area contributed by atoms with Gasteiger partial charge in [-0.2, -0.15) is 5.26 Å². The molecule has 0 N–H and O–H groups in total. The van der Waals surface area contributed by atoms with Gasteiger partial charge in [0.1, 0.15) is 0 Å². The molecule has 1 aromatic carbocycles. The standard InChI is InChI=1S/C20H27NO2/c1-12-9-14(19(3,4)5)10-13(2)16(12)17(22)15(11-21)18(23)20(6,7)8/h9-10,15H,1-8H3/t15-/m1/s1. The lowest BCUT2D eigenvalue weighted by molar-refractivity contribution is -0.127. The van der Waals surface area contributed by atoms with Gasteiger partial charge in [-0.3, -0.25) is 9.59 Å². The average Bonchev–Trinajstić information content (AvgIpc) is 2.36. The summed E-state index contributed by atoms with van der Waals surface area (Å²) in [4.78, 5) is 25.2. The molecule has 0 bridgehead atoms. The van der Waals surface area contributed by atoms with Crippen molar-refractivity contribution in [2.75, 3.05) is 0 Å². The molecule has 0 heterocycles. The molecule has 0 aliphatic heterocycles. The first-order valence-corrected chi connectivity index (χ1v) is 7.90. The second-order valence-corrected chi connectivity index (χ2v) is 8.28. The Morgan fingerprint density at radius 2 is 1.43 bits per heavy atom. The average molecular weight is 313 g/mol. The highest BCUT2D eigenvalue weighted by molar-refractivity contribution is 6.15. The molecule has 3 heteroatoms. The molecule has 0 radical (unpaired) electrons. The summed E-state index contributed by atoms with van der Waals surface area (Å²) in [5.41, 5.74) is 2.54. The van der Waals surface area contributed by atoms with Gasteiger partial charge in [0.2, 0.25) is 0 Å². The zero-order chi connectivity index (χ0) is 18.2. The summed E-state index contributed by atoms with van der Waals surface area (Å²) >= 11 is 0. The van der Waals surface area contributed by atoms with E-state index in [9.17, 15) is 14.9 Å². The summed E-state index contributed by atoms with van der Waals surface area (Å²) in [5, 5.41) is 9.37. The van der Waals surface area contributed by atoms with Gasteiger partial charge in [-0.1, -0.05) is 53.7 Å². The van der Waals surface area contributed by atoms with Crippen LogP contribution in [0, 0.1) is 36.5 Å². The zero-order valence-corrected chi connectivity index (χ0v) is 15.5. The van der Waals surface area contributed by atoms with Gasteiger partial charge >= 0.3 is 0 Å². The number of aryl methyl sites for hydroxylation is 2. The first kappa shape index (κ1) is 19.1. The van der Waals surface area contributed by atoms with Gasteiger partial charge < -0.3 is 0 Å². The number of hydrogen-bond acceptors (Lipinski definition) is 3. The van der Waals surface area contributed by atoms with Gasteiger partial charge in [-0.15, -0.1) is 0 Å². The summed E-state index contributed by atoms with van der Waals surface area (Å²) < 4.78 is 0. The van der Waals surface area contributed by atoms with Gasteiger partial charge in [0.25, 0.3) is 0 Å². The van der Waals surface area contributed by atoms with Crippen molar-refractivity contribution in [1.82, 2.24) is 0 Å². The van der Waals surface area contributed by atoms with Crippen LogP contribution >= 0.6 is 0 Å². The van der Waals surface area contributed by atoms with E-state index in [-0.39, 0.29) is 17.0 Å². The van der Waals surface area contributed by atoms with E-state index in [2.05, 4.69) is 20.8 Å². The van der Waals surface area contributed by atoms with E-state index >= 15 is 0 Å². The predicted octanol–water partition coefficient (Wildman–Crippen LogP) is 4.54.